The van der Waals surface area contributed by atoms with Gasteiger partial charge in [0.05, 0.1) is 0 Å². The molecule has 1 unspecified atom stereocenters. The van der Waals surface area contributed by atoms with Crippen molar-refractivity contribution in [2.75, 3.05) is 30.5 Å². The summed E-state index contributed by atoms with van der Waals surface area (Å²) >= 11 is 1.92. The summed E-state index contributed by atoms with van der Waals surface area (Å²) in [6.07, 6.45) is 3.41. The Morgan fingerprint density at radius 1 is 1.24 bits per heavy atom. The fraction of sp³-hybridized carbons (Fsp3) is 0.667. The molecule has 0 spiro atoms. The predicted molar refractivity (Wildman–Crippen MR) is 98.6 cm³/mol. The zero-order chi connectivity index (χ0) is 15.8. The molecule has 0 saturated heterocycles. The Morgan fingerprint density at radius 2 is 1.95 bits per heavy atom. The summed E-state index contributed by atoms with van der Waals surface area (Å²) in [7, 11) is 2.20. The van der Waals surface area contributed by atoms with Crippen molar-refractivity contribution in [1.29, 1.82) is 0 Å². The Balaban J connectivity index is 2.63. The largest absolute Gasteiger partial charge is 0.372 e. The van der Waals surface area contributed by atoms with Gasteiger partial charge in [-0.2, -0.15) is 11.8 Å². The first-order chi connectivity index (χ1) is 9.95. The highest BCUT2D eigenvalue weighted by Gasteiger charge is 2.10. The van der Waals surface area contributed by atoms with Gasteiger partial charge in [0.1, 0.15) is 0 Å². The third kappa shape index (κ3) is 6.31. The molecule has 0 aromatic heterocycles. The molecule has 1 atom stereocenters. The van der Waals surface area contributed by atoms with Crippen molar-refractivity contribution in [3.05, 3.63) is 29.3 Å². The van der Waals surface area contributed by atoms with E-state index in [2.05, 4.69) is 69.4 Å². The van der Waals surface area contributed by atoms with Crippen molar-refractivity contribution in [3.63, 3.8) is 0 Å². The second-order valence-electron chi connectivity index (χ2n) is 6.38. The number of nitrogens with zero attached hydrogens (tertiary/aromatic N) is 1. The molecule has 0 saturated carbocycles. The third-order valence-electron chi connectivity index (χ3n) is 4.00. The van der Waals surface area contributed by atoms with Crippen molar-refractivity contribution in [2.24, 2.45) is 5.92 Å². The van der Waals surface area contributed by atoms with Crippen LogP contribution in [-0.2, 0) is 6.54 Å². The van der Waals surface area contributed by atoms with Crippen molar-refractivity contribution < 1.29 is 0 Å². The van der Waals surface area contributed by atoms with Crippen LogP contribution in [0.25, 0.3) is 0 Å². The quantitative estimate of drug-likeness (QED) is 0.731. The van der Waals surface area contributed by atoms with E-state index in [0.29, 0.717) is 12.0 Å². The zero-order valence-corrected chi connectivity index (χ0v) is 15.4. The number of hydrogen-bond acceptors (Lipinski definition) is 3. The number of aryl methyl sites for hydroxylation is 1. The van der Waals surface area contributed by atoms with Crippen LogP contribution in [-0.4, -0.2) is 31.6 Å². The van der Waals surface area contributed by atoms with Gasteiger partial charge in [-0.15, -0.1) is 0 Å². The molecule has 1 rings (SSSR count). The highest BCUT2D eigenvalue weighted by Crippen LogP contribution is 2.21. The SMILES string of the molecule is CSCCC(C)N(C)c1ccc(CNCC(C)C)c(C)c1. The minimum atomic E-state index is 0.585. The number of rotatable bonds is 9. The van der Waals surface area contributed by atoms with Gasteiger partial charge in [0.25, 0.3) is 0 Å². The number of nitrogens with one attached hydrogen (secondary N) is 1. The lowest BCUT2D eigenvalue weighted by Gasteiger charge is -2.27. The number of thioether (sulfide) groups is 1. The molecule has 0 aliphatic carbocycles. The van der Waals surface area contributed by atoms with E-state index in [1.165, 1.54) is 29.0 Å². The van der Waals surface area contributed by atoms with Gasteiger partial charge in [0.2, 0.25) is 0 Å². The molecule has 1 aromatic rings. The van der Waals surface area contributed by atoms with E-state index < -0.39 is 0 Å². The molecule has 0 bridgehead atoms. The van der Waals surface area contributed by atoms with Crippen LogP contribution in [0.1, 0.15) is 38.3 Å². The van der Waals surface area contributed by atoms with Gasteiger partial charge in [-0.05, 0) is 68.0 Å². The first-order valence-corrected chi connectivity index (χ1v) is 9.37. The predicted octanol–water partition coefficient (Wildman–Crippen LogP) is 4.32. The summed E-state index contributed by atoms with van der Waals surface area (Å²) in [5.41, 5.74) is 4.12. The molecule has 0 heterocycles. The molecule has 0 radical (unpaired) electrons. The van der Waals surface area contributed by atoms with E-state index in [1.807, 2.05) is 11.8 Å². The Hall–Kier alpha value is -0.670. The Kier molecular flexibility index (Phi) is 8.20. The summed E-state index contributed by atoms with van der Waals surface area (Å²) in [4.78, 5) is 2.40. The van der Waals surface area contributed by atoms with Gasteiger partial charge in [-0.3, -0.25) is 0 Å². The first-order valence-electron chi connectivity index (χ1n) is 7.97. The number of benzene rings is 1. The second kappa shape index (κ2) is 9.37. The average molecular weight is 309 g/mol. The van der Waals surface area contributed by atoms with Crippen LogP contribution in [0.2, 0.25) is 0 Å². The maximum absolute atomic E-state index is 3.52. The van der Waals surface area contributed by atoms with E-state index in [0.717, 1.165) is 13.1 Å². The van der Waals surface area contributed by atoms with Crippen LogP contribution in [0, 0.1) is 12.8 Å². The van der Waals surface area contributed by atoms with Gasteiger partial charge in [0.15, 0.2) is 0 Å². The molecule has 21 heavy (non-hydrogen) atoms. The zero-order valence-electron chi connectivity index (χ0n) is 14.6. The lowest BCUT2D eigenvalue weighted by atomic mass is 10.1. The van der Waals surface area contributed by atoms with E-state index in [9.17, 15) is 0 Å². The molecule has 120 valence electrons. The van der Waals surface area contributed by atoms with Crippen LogP contribution in [0.4, 0.5) is 5.69 Å². The molecule has 0 amide bonds. The van der Waals surface area contributed by atoms with Gasteiger partial charge in [-0.1, -0.05) is 19.9 Å². The van der Waals surface area contributed by atoms with Crippen molar-refractivity contribution in [3.8, 4) is 0 Å². The fourth-order valence-corrected chi connectivity index (χ4v) is 2.91. The second-order valence-corrected chi connectivity index (χ2v) is 7.36. The molecule has 1 aromatic carbocycles. The number of hydrogen-bond donors (Lipinski definition) is 1. The van der Waals surface area contributed by atoms with E-state index >= 15 is 0 Å². The van der Waals surface area contributed by atoms with E-state index in [1.54, 1.807) is 0 Å². The smallest absolute Gasteiger partial charge is 0.0368 e. The lowest BCUT2D eigenvalue weighted by molar-refractivity contribution is 0.551. The topological polar surface area (TPSA) is 15.3 Å². The minimum absolute atomic E-state index is 0.585. The molecule has 0 fully saturated rings. The van der Waals surface area contributed by atoms with Crippen molar-refractivity contribution in [1.82, 2.24) is 5.32 Å². The van der Waals surface area contributed by atoms with Crippen LogP contribution < -0.4 is 10.2 Å². The van der Waals surface area contributed by atoms with E-state index in [-0.39, 0.29) is 0 Å². The molecular weight excluding hydrogens is 276 g/mol. The Bertz CT molecular complexity index is 418. The van der Waals surface area contributed by atoms with Crippen LogP contribution in [0.3, 0.4) is 0 Å². The van der Waals surface area contributed by atoms with Gasteiger partial charge < -0.3 is 10.2 Å². The Morgan fingerprint density at radius 3 is 2.52 bits per heavy atom. The highest BCUT2D eigenvalue weighted by molar-refractivity contribution is 7.98. The average Bonchev–Trinajstić information content (AvgIpc) is 2.45. The standard InChI is InChI=1S/C18H32N2S/c1-14(2)12-19-13-17-7-8-18(11-15(17)3)20(5)16(4)9-10-21-6/h7-8,11,14,16,19H,9-10,12-13H2,1-6H3. The minimum Gasteiger partial charge on any atom is -0.372 e. The van der Waals surface area contributed by atoms with Gasteiger partial charge >= 0.3 is 0 Å². The highest BCUT2D eigenvalue weighted by atomic mass is 32.2. The Labute approximate surface area is 135 Å². The summed E-state index contributed by atoms with van der Waals surface area (Å²) < 4.78 is 0. The molecule has 0 aliphatic heterocycles. The molecular formula is C18H32N2S. The van der Waals surface area contributed by atoms with Gasteiger partial charge in [-0.25, -0.2) is 0 Å². The van der Waals surface area contributed by atoms with Crippen LogP contribution >= 0.6 is 11.8 Å². The van der Waals surface area contributed by atoms with E-state index in [4.69, 9.17) is 0 Å². The third-order valence-corrected chi connectivity index (χ3v) is 4.65. The maximum Gasteiger partial charge on any atom is 0.0368 e. The fourth-order valence-electron chi connectivity index (χ4n) is 2.33. The molecule has 0 aliphatic rings. The summed E-state index contributed by atoms with van der Waals surface area (Å²) in [6.45, 7) is 11.1. The number of anilines is 1. The molecule has 2 nitrogen and oxygen atoms in total. The summed E-state index contributed by atoms with van der Waals surface area (Å²) in [5, 5.41) is 3.52. The molecule has 1 N–H and O–H groups in total. The normalized spacial score (nSPS) is 12.7. The lowest BCUT2D eigenvalue weighted by Crippen LogP contribution is -2.29. The summed E-state index contributed by atoms with van der Waals surface area (Å²) in [5.74, 6) is 1.93. The monoisotopic (exact) mass is 308 g/mol. The first kappa shape index (κ1) is 18.4. The van der Waals surface area contributed by atoms with Crippen molar-refractivity contribution >= 4 is 17.4 Å². The van der Waals surface area contributed by atoms with Crippen LogP contribution in [0.15, 0.2) is 18.2 Å². The van der Waals surface area contributed by atoms with Gasteiger partial charge in [0, 0.05) is 25.3 Å². The maximum atomic E-state index is 3.52. The summed E-state index contributed by atoms with van der Waals surface area (Å²) in [6, 6.07) is 7.44. The van der Waals surface area contributed by atoms with Crippen molar-refractivity contribution in [2.45, 2.75) is 46.7 Å². The molecule has 3 heteroatoms. The van der Waals surface area contributed by atoms with Crippen LogP contribution in [0.5, 0.6) is 0 Å².